The minimum atomic E-state index is -4.54. The lowest BCUT2D eigenvalue weighted by Gasteiger charge is -2.34. The molecule has 11 heteroatoms. The van der Waals surface area contributed by atoms with Crippen LogP contribution in [0.2, 0.25) is 5.02 Å². The third-order valence-corrected chi connectivity index (χ3v) is 7.00. The van der Waals surface area contributed by atoms with Crippen LogP contribution in [0.3, 0.4) is 0 Å². The number of benzene rings is 3. The maximum absolute atomic E-state index is 13.4. The van der Waals surface area contributed by atoms with E-state index in [0.29, 0.717) is 39.3 Å². The molecule has 0 spiro atoms. The average Bonchev–Trinajstić information content (AvgIpc) is 3.25. The third kappa shape index (κ3) is 6.34. The molecule has 2 heterocycles. The van der Waals surface area contributed by atoms with Gasteiger partial charge < -0.3 is 14.2 Å². The lowest BCUT2D eigenvalue weighted by atomic mass is 10.2. The Hall–Kier alpha value is -3.63. The Kier molecular flexibility index (Phi) is 7.76. The van der Waals surface area contributed by atoms with Crippen LogP contribution in [-0.2, 0) is 24.1 Å². The number of nitrogens with zero attached hydrogens (tertiary/aromatic N) is 4. The standard InChI is InChI=1S/C28H25ClF4N4O2/c29-22-10-7-20(28(31,32)33)15-25(22)39-18-27(38)36-13-11-35(12-14-36)17-26-34-23-3-1-2-4-24(23)37(26)16-19-5-8-21(30)9-6-19/h1-10,15H,11-14,16-18H2. The van der Waals surface area contributed by atoms with Crippen molar-refractivity contribution in [2.75, 3.05) is 32.8 Å². The van der Waals surface area contributed by atoms with Crippen LogP contribution in [0, 0.1) is 5.82 Å². The summed E-state index contributed by atoms with van der Waals surface area (Å²) in [4.78, 5) is 21.3. The van der Waals surface area contributed by atoms with Crippen molar-refractivity contribution in [1.82, 2.24) is 19.4 Å². The molecule has 0 saturated carbocycles. The predicted molar refractivity (Wildman–Crippen MR) is 139 cm³/mol. The second kappa shape index (κ2) is 11.2. The molecule has 39 heavy (non-hydrogen) atoms. The zero-order valence-electron chi connectivity index (χ0n) is 20.8. The number of halogens is 5. The molecule has 4 aromatic rings. The lowest BCUT2D eigenvalue weighted by Crippen LogP contribution is -2.49. The van der Waals surface area contributed by atoms with Crippen LogP contribution < -0.4 is 4.74 Å². The van der Waals surface area contributed by atoms with Crippen LogP contribution in [0.25, 0.3) is 11.0 Å². The summed E-state index contributed by atoms with van der Waals surface area (Å²) in [5, 5.41) is 0.00384. The first kappa shape index (κ1) is 27.0. The fourth-order valence-electron chi connectivity index (χ4n) is 4.57. The second-order valence-corrected chi connectivity index (χ2v) is 9.73. The second-order valence-electron chi connectivity index (χ2n) is 9.32. The molecule has 1 aromatic heterocycles. The molecule has 0 radical (unpaired) electrons. The topological polar surface area (TPSA) is 50.6 Å². The van der Waals surface area contributed by atoms with Gasteiger partial charge >= 0.3 is 6.18 Å². The number of hydrogen-bond acceptors (Lipinski definition) is 4. The van der Waals surface area contributed by atoms with Crippen molar-refractivity contribution in [3.05, 3.63) is 94.5 Å². The van der Waals surface area contributed by atoms with E-state index in [9.17, 15) is 22.4 Å². The quantitative estimate of drug-likeness (QED) is 0.275. The molecular formula is C28H25ClF4N4O2. The number of carbonyl (C=O) groups is 1. The molecule has 1 aliphatic rings. The monoisotopic (exact) mass is 560 g/mol. The van der Waals surface area contributed by atoms with E-state index in [0.717, 1.165) is 40.6 Å². The summed E-state index contributed by atoms with van der Waals surface area (Å²) in [7, 11) is 0. The SMILES string of the molecule is O=C(COc1cc(C(F)(F)F)ccc1Cl)N1CCN(Cc2nc3ccccc3n2Cc2ccc(F)cc2)CC1. The molecular weight excluding hydrogens is 536 g/mol. The van der Waals surface area contributed by atoms with Crippen LogP contribution in [0.1, 0.15) is 17.0 Å². The minimum absolute atomic E-state index is 0.00384. The molecule has 3 aromatic carbocycles. The summed E-state index contributed by atoms with van der Waals surface area (Å²) in [5.41, 5.74) is 1.91. The molecule has 5 rings (SSSR count). The van der Waals surface area contributed by atoms with Crippen molar-refractivity contribution in [3.8, 4) is 5.75 Å². The molecule has 1 amide bonds. The van der Waals surface area contributed by atoms with Crippen molar-refractivity contribution in [1.29, 1.82) is 0 Å². The van der Waals surface area contributed by atoms with Crippen LogP contribution in [-0.4, -0.2) is 58.0 Å². The van der Waals surface area contributed by atoms with E-state index in [1.807, 2.05) is 24.3 Å². The highest BCUT2D eigenvalue weighted by atomic mass is 35.5. The van der Waals surface area contributed by atoms with Crippen molar-refractivity contribution in [2.24, 2.45) is 0 Å². The summed E-state index contributed by atoms with van der Waals surface area (Å²) < 4.78 is 59.8. The van der Waals surface area contributed by atoms with Crippen molar-refractivity contribution in [2.45, 2.75) is 19.3 Å². The van der Waals surface area contributed by atoms with Gasteiger partial charge in [-0.2, -0.15) is 13.2 Å². The van der Waals surface area contributed by atoms with Gasteiger partial charge in [-0.15, -0.1) is 0 Å². The largest absolute Gasteiger partial charge is 0.482 e. The summed E-state index contributed by atoms with van der Waals surface area (Å²) in [6, 6.07) is 17.0. The molecule has 1 aliphatic heterocycles. The first-order valence-corrected chi connectivity index (χ1v) is 12.7. The van der Waals surface area contributed by atoms with Crippen LogP contribution in [0.5, 0.6) is 5.75 Å². The Morgan fingerprint density at radius 1 is 0.949 bits per heavy atom. The van der Waals surface area contributed by atoms with Gasteiger partial charge in [0.05, 0.1) is 28.2 Å². The Bertz CT molecular complexity index is 1460. The van der Waals surface area contributed by atoms with E-state index in [2.05, 4.69) is 9.47 Å². The van der Waals surface area contributed by atoms with Gasteiger partial charge in [-0.05, 0) is 48.0 Å². The molecule has 0 N–H and O–H groups in total. The average molecular weight is 561 g/mol. The molecule has 0 aliphatic carbocycles. The first-order valence-electron chi connectivity index (χ1n) is 12.4. The molecule has 204 valence electrons. The highest BCUT2D eigenvalue weighted by Crippen LogP contribution is 2.35. The van der Waals surface area contributed by atoms with E-state index in [-0.39, 0.29) is 22.5 Å². The van der Waals surface area contributed by atoms with Gasteiger partial charge in [0.1, 0.15) is 17.4 Å². The van der Waals surface area contributed by atoms with Crippen molar-refractivity contribution < 1.29 is 27.1 Å². The van der Waals surface area contributed by atoms with E-state index in [1.165, 1.54) is 12.1 Å². The lowest BCUT2D eigenvalue weighted by molar-refractivity contribution is -0.137. The molecule has 0 unspecified atom stereocenters. The van der Waals surface area contributed by atoms with Crippen molar-refractivity contribution in [3.63, 3.8) is 0 Å². The summed E-state index contributed by atoms with van der Waals surface area (Å²) in [6.07, 6.45) is -4.54. The number of carbonyl (C=O) groups excluding carboxylic acids is 1. The van der Waals surface area contributed by atoms with Gasteiger partial charge in [-0.1, -0.05) is 35.9 Å². The van der Waals surface area contributed by atoms with Gasteiger partial charge in [0.15, 0.2) is 6.61 Å². The van der Waals surface area contributed by atoms with Crippen LogP contribution >= 0.6 is 11.6 Å². The van der Waals surface area contributed by atoms with E-state index < -0.39 is 18.3 Å². The van der Waals surface area contributed by atoms with Crippen LogP contribution in [0.4, 0.5) is 17.6 Å². The number of ether oxygens (including phenoxy) is 1. The van der Waals surface area contributed by atoms with Gasteiger partial charge in [-0.3, -0.25) is 9.69 Å². The highest BCUT2D eigenvalue weighted by molar-refractivity contribution is 6.32. The maximum atomic E-state index is 13.4. The van der Waals surface area contributed by atoms with E-state index >= 15 is 0 Å². The van der Waals surface area contributed by atoms with Gasteiger partial charge in [-0.25, -0.2) is 9.37 Å². The predicted octanol–water partition coefficient (Wildman–Crippen LogP) is 5.62. The number of fused-ring (bicyclic) bond motifs is 1. The number of alkyl halides is 3. The summed E-state index contributed by atoms with van der Waals surface area (Å²) in [6.45, 7) is 2.77. The fourth-order valence-corrected chi connectivity index (χ4v) is 4.74. The Morgan fingerprint density at radius 3 is 2.38 bits per heavy atom. The molecule has 0 atom stereocenters. The third-order valence-electron chi connectivity index (χ3n) is 6.69. The molecule has 1 fully saturated rings. The number of imidazole rings is 1. The zero-order chi connectivity index (χ0) is 27.6. The van der Waals surface area contributed by atoms with Gasteiger partial charge in [0.25, 0.3) is 5.91 Å². The number of hydrogen-bond donors (Lipinski definition) is 0. The van der Waals surface area contributed by atoms with Gasteiger partial charge in [0.2, 0.25) is 0 Å². The Labute approximate surface area is 227 Å². The Morgan fingerprint density at radius 2 is 1.67 bits per heavy atom. The Balaban J connectivity index is 1.20. The smallest absolute Gasteiger partial charge is 0.416 e. The first-order chi connectivity index (χ1) is 18.7. The summed E-state index contributed by atoms with van der Waals surface area (Å²) in [5.74, 6) is 0.0678. The molecule has 1 saturated heterocycles. The number of para-hydroxylation sites is 2. The maximum Gasteiger partial charge on any atom is 0.416 e. The zero-order valence-corrected chi connectivity index (χ0v) is 21.6. The normalized spacial score (nSPS) is 14.6. The summed E-state index contributed by atoms with van der Waals surface area (Å²) >= 11 is 5.96. The minimum Gasteiger partial charge on any atom is -0.482 e. The van der Waals surface area contributed by atoms with Crippen molar-refractivity contribution >= 4 is 28.5 Å². The fraction of sp³-hybridized carbons (Fsp3) is 0.286. The van der Waals surface area contributed by atoms with E-state index in [1.54, 1.807) is 17.0 Å². The number of aromatic nitrogens is 2. The number of rotatable bonds is 7. The number of piperazine rings is 1. The highest BCUT2D eigenvalue weighted by Gasteiger charge is 2.31. The van der Waals surface area contributed by atoms with E-state index in [4.69, 9.17) is 21.3 Å². The van der Waals surface area contributed by atoms with Gasteiger partial charge in [0, 0.05) is 32.7 Å². The molecule has 6 nitrogen and oxygen atoms in total. The van der Waals surface area contributed by atoms with Crippen LogP contribution in [0.15, 0.2) is 66.7 Å². The number of amides is 1. The molecule has 0 bridgehead atoms.